The molecule has 1 aliphatic rings. The van der Waals surface area contributed by atoms with Gasteiger partial charge >= 0.3 is 0 Å². The molecule has 3 aromatic rings. The van der Waals surface area contributed by atoms with Gasteiger partial charge in [0.05, 0.1) is 12.1 Å². The van der Waals surface area contributed by atoms with E-state index in [1.165, 1.54) is 0 Å². The van der Waals surface area contributed by atoms with Gasteiger partial charge in [-0.1, -0.05) is 11.6 Å². The number of hydrogen-bond donors (Lipinski definition) is 1. The summed E-state index contributed by atoms with van der Waals surface area (Å²) in [5.74, 6) is -2.13. The van der Waals surface area contributed by atoms with E-state index in [4.69, 9.17) is 16.3 Å². The first-order chi connectivity index (χ1) is 14.8. The van der Waals surface area contributed by atoms with Crippen LogP contribution >= 0.6 is 11.6 Å². The van der Waals surface area contributed by atoms with Gasteiger partial charge in [0.2, 0.25) is 17.6 Å². The van der Waals surface area contributed by atoms with Gasteiger partial charge in [-0.05, 0) is 43.5 Å². The number of ether oxygens (including phenoxy) is 1. The van der Waals surface area contributed by atoms with Crippen molar-refractivity contribution in [3.05, 3.63) is 46.1 Å². The fraction of sp³-hybridized carbons (Fsp3) is 0.450. The zero-order chi connectivity index (χ0) is 22.3. The van der Waals surface area contributed by atoms with E-state index < -0.39 is 30.5 Å². The Hall–Kier alpha value is -2.46. The number of halogens is 5. The lowest BCUT2D eigenvalue weighted by atomic mass is 9.94. The smallest absolute Gasteiger partial charge is 0.297 e. The van der Waals surface area contributed by atoms with Crippen LogP contribution in [0, 0.1) is 0 Å². The number of rotatable bonds is 6. The Balaban J connectivity index is 1.84. The van der Waals surface area contributed by atoms with Gasteiger partial charge in [-0.3, -0.25) is 0 Å². The minimum atomic E-state index is -3.09. The van der Waals surface area contributed by atoms with Crippen LogP contribution in [0.1, 0.15) is 55.1 Å². The van der Waals surface area contributed by atoms with Crippen LogP contribution in [0.25, 0.3) is 10.9 Å². The molecule has 1 N–H and O–H groups in total. The van der Waals surface area contributed by atoms with Crippen molar-refractivity contribution >= 4 is 28.5 Å². The van der Waals surface area contributed by atoms with Gasteiger partial charge in [0.15, 0.2) is 0 Å². The highest BCUT2D eigenvalue weighted by Crippen LogP contribution is 2.40. The Morgan fingerprint density at radius 1 is 1.16 bits per heavy atom. The zero-order valence-corrected chi connectivity index (χ0v) is 17.5. The summed E-state index contributed by atoms with van der Waals surface area (Å²) in [6.07, 6.45) is -5.38. The number of nitrogens with one attached hydrogen (secondary N) is 1. The molecular weight excluding hydrogens is 438 g/mol. The Bertz CT molecular complexity index is 1070. The molecule has 0 saturated heterocycles. The molecule has 0 fully saturated rings. The van der Waals surface area contributed by atoms with Crippen molar-refractivity contribution in [2.45, 2.75) is 44.8 Å². The Morgan fingerprint density at radius 2 is 1.84 bits per heavy atom. The highest BCUT2D eigenvalue weighted by atomic mass is 35.5. The maximum Gasteiger partial charge on any atom is 0.297 e. The monoisotopic (exact) mass is 457 g/mol. The first-order valence-electron chi connectivity index (χ1n) is 9.70. The van der Waals surface area contributed by atoms with Gasteiger partial charge in [-0.2, -0.15) is 9.97 Å². The van der Waals surface area contributed by atoms with Crippen LogP contribution < -0.4 is 4.90 Å². The molecule has 0 aliphatic carbocycles. The molecule has 0 bridgehead atoms. The number of anilines is 1. The van der Waals surface area contributed by atoms with Crippen LogP contribution in [-0.4, -0.2) is 39.7 Å². The maximum absolute atomic E-state index is 13.3. The van der Waals surface area contributed by atoms with E-state index in [0.717, 1.165) is 22.2 Å². The van der Waals surface area contributed by atoms with Crippen LogP contribution in [0.2, 0.25) is 5.02 Å². The normalized spacial score (nSPS) is 17.6. The van der Waals surface area contributed by atoms with E-state index in [2.05, 4.69) is 19.9 Å². The Kier molecular flexibility index (Phi) is 6.02. The van der Waals surface area contributed by atoms with Crippen molar-refractivity contribution in [2.75, 3.05) is 18.6 Å². The second-order valence-electron chi connectivity index (χ2n) is 7.40. The van der Waals surface area contributed by atoms with E-state index >= 15 is 0 Å². The minimum Gasteiger partial charge on any atom is -0.382 e. The number of alkyl halides is 4. The fourth-order valence-corrected chi connectivity index (χ4v) is 4.13. The highest BCUT2D eigenvalue weighted by molar-refractivity contribution is 6.31. The van der Waals surface area contributed by atoms with E-state index in [-0.39, 0.29) is 12.1 Å². The molecule has 11 heteroatoms. The summed E-state index contributed by atoms with van der Waals surface area (Å²) in [6, 6.07) is 5.10. The second-order valence-corrected chi connectivity index (χ2v) is 7.84. The summed E-state index contributed by atoms with van der Waals surface area (Å²) in [6.45, 7) is 2.22. The van der Waals surface area contributed by atoms with Gasteiger partial charge in [-0.25, -0.2) is 22.5 Å². The molecule has 6 nitrogen and oxygen atoms in total. The number of H-pyrrole nitrogens is 1. The van der Waals surface area contributed by atoms with Crippen LogP contribution in [0.15, 0.2) is 18.2 Å². The van der Waals surface area contributed by atoms with E-state index in [1.807, 2.05) is 19.1 Å². The molecule has 0 radical (unpaired) electrons. The van der Waals surface area contributed by atoms with Crippen molar-refractivity contribution < 1.29 is 22.3 Å². The zero-order valence-electron chi connectivity index (χ0n) is 16.7. The van der Waals surface area contributed by atoms with E-state index in [1.54, 1.807) is 18.1 Å². The third-order valence-corrected chi connectivity index (χ3v) is 5.71. The summed E-state index contributed by atoms with van der Waals surface area (Å²) in [7, 11) is 1.57. The first kappa shape index (κ1) is 21.8. The fourth-order valence-electron chi connectivity index (χ4n) is 3.95. The number of aromatic nitrogens is 4. The lowest BCUT2D eigenvalue weighted by molar-refractivity contribution is 0.102. The molecule has 3 heterocycles. The molecule has 2 atom stereocenters. The standard InChI is InChI=1S/C20H20ClF4N5O/c1-9(31-2)7-14-15-11(12-8-10(21)3-4-13(12)26-15)5-6-30(14)20-28-18(16(22)23)27-19(29-20)17(24)25/h3-4,8-9,14,16-17,26H,5-7H2,1-2H3/t9-,14-/m1/s1. The lowest BCUT2D eigenvalue weighted by Gasteiger charge is -2.37. The molecule has 0 amide bonds. The summed E-state index contributed by atoms with van der Waals surface area (Å²) < 4.78 is 58.5. The molecular formula is C20H20ClF4N5O. The third kappa shape index (κ3) is 4.18. The second kappa shape index (κ2) is 8.58. The molecule has 1 aliphatic heterocycles. The number of benzene rings is 1. The summed E-state index contributed by atoms with van der Waals surface area (Å²) in [5, 5.41) is 1.56. The first-order valence-corrected chi connectivity index (χ1v) is 10.1. The van der Waals surface area contributed by atoms with E-state index in [0.29, 0.717) is 24.4 Å². The van der Waals surface area contributed by atoms with Gasteiger partial charge in [0.25, 0.3) is 12.9 Å². The Morgan fingerprint density at radius 3 is 2.45 bits per heavy atom. The predicted octanol–water partition coefficient (Wildman–Crippen LogP) is 5.41. The molecule has 0 unspecified atom stereocenters. The van der Waals surface area contributed by atoms with Gasteiger partial charge in [0, 0.05) is 35.3 Å². The average molecular weight is 458 g/mol. The van der Waals surface area contributed by atoms with Crippen molar-refractivity contribution in [3.63, 3.8) is 0 Å². The van der Waals surface area contributed by atoms with Crippen molar-refractivity contribution in [2.24, 2.45) is 0 Å². The Labute approximate surface area is 180 Å². The molecule has 166 valence electrons. The van der Waals surface area contributed by atoms with Crippen molar-refractivity contribution in [1.29, 1.82) is 0 Å². The van der Waals surface area contributed by atoms with Crippen LogP contribution in [0.3, 0.4) is 0 Å². The molecule has 4 rings (SSSR count). The summed E-state index contributed by atoms with van der Waals surface area (Å²) in [4.78, 5) is 15.9. The quantitative estimate of drug-likeness (QED) is 0.501. The number of aromatic amines is 1. The largest absolute Gasteiger partial charge is 0.382 e. The lowest BCUT2D eigenvalue weighted by Crippen LogP contribution is -2.38. The molecule has 1 aromatic carbocycles. The van der Waals surface area contributed by atoms with Crippen molar-refractivity contribution in [1.82, 2.24) is 19.9 Å². The minimum absolute atomic E-state index is 0.195. The maximum atomic E-state index is 13.3. The summed E-state index contributed by atoms with van der Waals surface area (Å²) in [5.41, 5.74) is 2.76. The number of fused-ring (bicyclic) bond motifs is 3. The van der Waals surface area contributed by atoms with Crippen LogP contribution in [0.4, 0.5) is 23.5 Å². The molecule has 0 spiro atoms. The molecule has 0 saturated carbocycles. The number of nitrogens with zero attached hydrogens (tertiary/aromatic N) is 4. The van der Waals surface area contributed by atoms with Gasteiger partial charge < -0.3 is 14.6 Å². The predicted molar refractivity (Wildman–Crippen MR) is 108 cm³/mol. The van der Waals surface area contributed by atoms with Gasteiger partial charge in [-0.15, -0.1) is 0 Å². The number of hydrogen-bond acceptors (Lipinski definition) is 5. The topological polar surface area (TPSA) is 66.9 Å². The van der Waals surface area contributed by atoms with Crippen LogP contribution in [-0.2, 0) is 11.2 Å². The summed E-state index contributed by atoms with van der Waals surface area (Å²) >= 11 is 6.17. The van der Waals surface area contributed by atoms with Crippen molar-refractivity contribution in [3.8, 4) is 0 Å². The van der Waals surface area contributed by atoms with E-state index in [9.17, 15) is 17.6 Å². The number of methoxy groups -OCH3 is 1. The SMILES string of the molecule is CO[C@H](C)C[C@@H]1c2[nH]c3ccc(Cl)cc3c2CCN1c1nc(C(F)F)nc(C(F)F)n1. The highest BCUT2D eigenvalue weighted by Gasteiger charge is 2.34. The molecule has 2 aromatic heterocycles. The third-order valence-electron chi connectivity index (χ3n) is 5.48. The van der Waals surface area contributed by atoms with Gasteiger partial charge in [0.1, 0.15) is 0 Å². The average Bonchev–Trinajstić information content (AvgIpc) is 3.11. The molecule has 31 heavy (non-hydrogen) atoms. The van der Waals surface area contributed by atoms with Crippen LogP contribution in [0.5, 0.6) is 0 Å².